The zero-order valence-corrected chi connectivity index (χ0v) is 16.2. The number of hydrogen-bond donors (Lipinski definition) is 0. The van der Waals surface area contributed by atoms with Crippen LogP contribution >= 0.6 is 0 Å². The van der Waals surface area contributed by atoms with E-state index in [9.17, 15) is 4.91 Å². The van der Waals surface area contributed by atoms with Gasteiger partial charge in [0.2, 0.25) is 0 Å². The second-order valence-electron chi connectivity index (χ2n) is 10.4. The van der Waals surface area contributed by atoms with Gasteiger partial charge < -0.3 is 0 Å². The van der Waals surface area contributed by atoms with E-state index < -0.39 is 0 Å². The summed E-state index contributed by atoms with van der Waals surface area (Å²) in [6, 6.07) is 0.414. The zero-order valence-electron chi connectivity index (χ0n) is 16.2. The second kappa shape index (κ2) is 5.54. The largest absolute Gasteiger partial charge is 0.300 e. The first kappa shape index (κ1) is 17.4. The summed E-state index contributed by atoms with van der Waals surface area (Å²) >= 11 is 0. The average Bonchev–Trinajstić information content (AvgIpc) is 2.63. The number of nitroso groups, excluding NO2 is 1. The molecule has 3 nitrogen and oxygen atoms in total. The monoisotopic (exact) mass is 320 g/mol. The lowest BCUT2D eigenvalue weighted by atomic mass is 9.47. The lowest BCUT2D eigenvalue weighted by Gasteiger charge is -2.58. The molecule has 1 saturated heterocycles. The molecule has 3 heteroatoms. The van der Waals surface area contributed by atoms with Gasteiger partial charge in [0.25, 0.3) is 0 Å². The second-order valence-corrected chi connectivity index (χ2v) is 10.4. The molecule has 1 aliphatic heterocycles. The summed E-state index contributed by atoms with van der Waals surface area (Å²) in [4.78, 5) is 14.0. The SMILES string of the molecule is CC(C)CC(C)C1CC(C2CC3(C)CN(C)C3C2N=O)C1(C)C. The van der Waals surface area contributed by atoms with Crippen molar-refractivity contribution in [3.8, 4) is 0 Å². The molecule has 0 radical (unpaired) electrons. The summed E-state index contributed by atoms with van der Waals surface area (Å²) < 4.78 is 0. The molecule has 0 aromatic carbocycles. The fourth-order valence-electron chi connectivity index (χ4n) is 7.04. The number of rotatable bonds is 5. The van der Waals surface area contributed by atoms with Crippen LogP contribution in [0.4, 0.5) is 0 Å². The molecular formula is C20H36N2O. The highest BCUT2D eigenvalue weighted by atomic mass is 16.3. The summed E-state index contributed by atoms with van der Waals surface area (Å²) in [5, 5.41) is 3.64. The van der Waals surface area contributed by atoms with E-state index >= 15 is 0 Å². The molecule has 23 heavy (non-hydrogen) atoms. The Kier molecular flexibility index (Phi) is 4.19. The maximum atomic E-state index is 11.6. The van der Waals surface area contributed by atoms with Gasteiger partial charge in [-0.3, -0.25) is 4.90 Å². The molecule has 2 aliphatic carbocycles. The van der Waals surface area contributed by atoms with Crippen LogP contribution in [0.2, 0.25) is 0 Å². The molecule has 3 fully saturated rings. The third-order valence-electron chi connectivity index (χ3n) is 7.85. The number of likely N-dealkylation sites (tertiary alicyclic amines) is 1. The van der Waals surface area contributed by atoms with Crippen LogP contribution in [0.3, 0.4) is 0 Å². The van der Waals surface area contributed by atoms with E-state index in [0.717, 1.165) is 24.3 Å². The Hall–Kier alpha value is -0.440. The van der Waals surface area contributed by atoms with Crippen molar-refractivity contribution >= 4 is 0 Å². The first-order valence-corrected chi connectivity index (χ1v) is 9.64. The van der Waals surface area contributed by atoms with E-state index in [1.165, 1.54) is 19.3 Å². The molecule has 1 heterocycles. The first-order chi connectivity index (χ1) is 10.6. The highest BCUT2D eigenvalue weighted by Crippen LogP contribution is 2.64. The molecule has 0 aromatic heterocycles. The van der Waals surface area contributed by atoms with Crippen molar-refractivity contribution in [3.63, 3.8) is 0 Å². The standard InChI is InChI=1S/C20H36N2O/c1-12(2)8-13(3)15-9-16(19(15,4)5)14-10-20(6)11-22(7)18(20)17(14)21-23/h12-18H,8-11H2,1-7H3. The maximum Gasteiger partial charge on any atom is 0.111 e. The van der Waals surface area contributed by atoms with Crippen LogP contribution in [0.5, 0.6) is 0 Å². The Morgan fingerprint density at radius 3 is 2.35 bits per heavy atom. The van der Waals surface area contributed by atoms with Crippen molar-refractivity contribution in [1.29, 1.82) is 0 Å². The minimum absolute atomic E-state index is 0.0179. The minimum atomic E-state index is 0.0179. The smallest absolute Gasteiger partial charge is 0.111 e. The highest BCUT2D eigenvalue weighted by molar-refractivity contribution is 5.18. The van der Waals surface area contributed by atoms with E-state index in [4.69, 9.17) is 0 Å². The quantitative estimate of drug-likeness (QED) is 0.681. The van der Waals surface area contributed by atoms with Gasteiger partial charge in [-0.15, -0.1) is 0 Å². The summed E-state index contributed by atoms with van der Waals surface area (Å²) in [6.07, 6.45) is 3.84. The van der Waals surface area contributed by atoms with Crippen molar-refractivity contribution in [3.05, 3.63) is 4.91 Å². The Balaban J connectivity index is 1.73. The maximum absolute atomic E-state index is 11.6. The normalized spacial score (nSPS) is 46.9. The first-order valence-electron chi connectivity index (χ1n) is 9.64. The number of fused-ring (bicyclic) bond motifs is 1. The van der Waals surface area contributed by atoms with E-state index in [-0.39, 0.29) is 6.04 Å². The van der Waals surface area contributed by atoms with Gasteiger partial charge in [-0.1, -0.05) is 46.7 Å². The molecule has 3 rings (SSSR count). The lowest BCUT2D eigenvalue weighted by Crippen LogP contribution is -2.62. The van der Waals surface area contributed by atoms with Gasteiger partial charge in [0.15, 0.2) is 0 Å². The van der Waals surface area contributed by atoms with Crippen molar-refractivity contribution in [2.75, 3.05) is 13.6 Å². The Morgan fingerprint density at radius 1 is 1.22 bits per heavy atom. The van der Waals surface area contributed by atoms with Crippen molar-refractivity contribution < 1.29 is 0 Å². The molecule has 0 aromatic rings. The molecule has 7 atom stereocenters. The summed E-state index contributed by atoms with van der Waals surface area (Å²) in [5.41, 5.74) is 0.698. The predicted octanol–water partition coefficient (Wildman–Crippen LogP) is 4.81. The van der Waals surface area contributed by atoms with Crippen LogP contribution in [-0.2, 0) is 0 Å². The van der Waals surface area contributed by atoms with Crippen molar-refractivity contribution in [2.45, 2.75) is 72.9 Å². The molecule has 0 spiro atoms. The molecular weight excluding hydrogens is 284 g/mol. The van der Waals surface area contributed by atoms with Gasteiger partial charge in [0.05, 0.1) is 0 Å². The van der Waals surface area contributed by atoms with Gasteiger partial charge >= 0.3 is 0 Å². The fraction of sp³-hybridized carbons (Fsp3) is 1.00. The highest BCUT2D eigenvalue weighted by Gasteiger charge is 2.65. The van der Waals surface area contributed by atoms with E-state index in [2.05, 4.69) is 58.7 Å². The minimum Gasteiger partial charge on any atom is -0.300 e. The third-order valence-corrected chi connectivity index (χ3v) is 7.85. The molecule has 7 unspecified atom stereocenters. The molecule has 3 aliphatic rings. The summed E-state index contributed by atoms with van der Waals surface area (Å²) in [7, 11) is 2.16. The Morgan fingerprint density at radius 2 is 1.87 bits per heavy atom. The zero-order chi connectivity index (χ0) is 17.2. The molecule has 0 amide bonds. The molecule has 0 bridgehead atoms. The van der Waals surface area contributed by atoms with Crippen LogP contribution in [0.1, 0.15) is 60.8 Å². The van der Waals surface area contributed by atoms with Crippen molar-refractivity contribution in [1.82, 2.24) is 4.90 Å². The Labute approximate surface area is 142 Å². The van der Waals surface area contributed by atoms with Gasteiger partial charge in [-0.25, -0.2) is 0 Å². The van der Waals surface area contributed by atoms with E-state index in [0.29, 0.717) is 28.7 Å². The van der Waals surface area contributed by atoms with Crippen molar-refractivity contribution in [2.24, 2.45) is 45.6 Å². The van der Waals surface area contributed by atoms with Crippen LogP contribution < -0.4 is 0 Å². The number of hydrogen-bond acceptors (Lipinski definition) is 3. The van der Waals surface area contributed by atoms with Gasteiger partial charge in [-0.2, -0.15) is 4.91 Å². The van der Waals surface area contributed by atoms with Gasteiger partial charge in [0, 0.05) is 12.6 Å². The number of likely N-dealkylation sites (N-methyl/N-ethyl adjacent to an activating group) is 1. The lowest BCUT2D eigenvalue weighted by molar-refractivity contribution is -0.0908. The third kappa shape index (κ3) is 2.49. The van der Waals surface area contributed by atoms with Gasteiger partial charge in [-0.05, 0) is 66.7 Å². The molecule has 0 N–H and O–H groups in total. The van der Waals surface area contributed by atoms with Crippen LogP contribution in [-0.4, -0.2) is 30.6 Å². The van der Waals surface area contributed by atoms with Crippen LogP contribution in [0, 0.1) is 45.3 Å². The van der Waals surface area contributed by atoms with E-state index in [1.807, 2.05) is 0 Å². The van der Waals surface area contributed by atoms with Gasteiger partial charge in [0.1, 0.15) is 6.04 Å². The molecule has 132 valence electrons. The van der Waals surface area contributed by atoms with E-state index in [1.54, 1.807) is 0 Å². The average molecular weight is 321 g/mol. The number of nitrogens with zero attached hydrogens (tertiary/aromatic N) is 2. The summed E-state index contributed by atoms with van der Waals surface area (Å²) in [6.45, 7) is 15.5. The summed E-state index contributed by atoms with van der Waals surface area (Å²) in [5.74, 6) is 3.57. The van der Waals surface area contributed by atoms with Crippen LogP contribution in [0.25, 0.3) is 0 Å². The topological polar surface area (TPSA) is 32.7 Å². The Bertz CT molecular complexity index is 474. The fourth-order valence-corrected chi connectivity index (χ4v) is 7.04. The predicted molar refractivity (Wildman–Crippen MR) is 96.2 cm³/mol. The molecule has 2 saturated carbocycles. The van der Waals surface area contributed by atoms with Crippen LogP contribution in [0.15, 0.2) is 5.18 Å².